The lowest BCUT2D eigenvalue weighted by atomic mass is 10.1. The molecule has 1 heterocycles. The van der Waals surface area contributed by atoms with Gasteiger partial charge < -0.3 is 15.3 Å². The zero-order chi connectivity index (χ0) is 18.9. The highest BCUT2D eigenvalue weighted by Crippen LogP contribution is 2.37. The van der Waals surface area contributed by atoms with E-state index in [1.54, 1.807) is 0 Å². The number of nitrogens with two attached hydrogens (primary N) is 1. The van der Waals surface area contributed by atoms with Gasteiger partial charge in [0.05, 0.1) is 16.9 Å². The van der Waals surface area contributed by atoms with E-state index in [1.807, 2.05) is 36.1 Å². The van der Waals surface area contributed by atoms with Crippen molar-refractivity contribution in [3.8, 4) is 0 Å². The summed E-state index contributed by atoms with van der Waals surface area (Å²) in [5.41, 5.74) is 2.51. The van der Waals surface area contributed by atoms with Crippen LogP contribution < -0.4 is 15.4 Å². The topological polar surface area (TPSA) is 113 Å². The van der Waals surface area contributed by atoms with Crippen molar-refractivity contribution in [3.63, 3.8) is 0 Å². The lowest BCUT2D eigenvalue weighted by Crippen LogP contribution is -2.22. The number of aryl methyl sites for hydroxylation is 1. The van der Waals surface area contributed by atoms with Crippen LogP contribution in [-0.4, -0.2) is 32.6 Å². The van der Waals surface area contributed by atoms with Crippen molar-refractivity contribution in [1.29, 1.82) is 0 Å². The lowest BCUT2D eigenvalue weighted by molar-refractivity contribution is 0.0696. The number of carboxylic acid groups (broad SMARTS) is 1. The Balaban J connectivity index is 0.00000261. The Morgan fingerprint density at radius 1 is 1.15 bits per heavy atom. The van der Waals surface area contributed by atoms with Gasteiger partial charge in [0.15, 0.2) is 0 Å². The lowest BCUT2D eigenvalue weighted by Gasteiger charge is -2.24. The molecule has 3 rings (SSSR count). The van der Waals surface area contributed by atoms with Crippen LogP contribution in [0.3, 0.4) is 0 Å². The minimum absolute atomic E-state index is 0. The van der Waals surface area contributed by atoms with Crippen LogP contribution in [0, 0.1) is 6.92 Å². The molecule has 0 atom stereocenters. The monoisotopic (exact) mass is 411 g/mol. The molecular formula is C18H22ClN3O4S. The fraction of sp³-hybridized carbons (Fsp3) is 0.278. The van der Waals surface area contributed by atoms with Gasteiger partial charge >= 0.3 is 5.97 Å². The first-order valence-corrected chi connectivity index (χ1v) is 9.83. The fourth-order valence-corrected chi connectivity index (χ4v) is 3.79. The summed E-state index contributed by atoms with van der Waals surface area (Å²) in [7, 11) is -4.12. The van der Waals surface area contributed by atoms with Crippen molar-refractivity contribution in [2.24, 2.45) is 5.14 Å². The van der Waals surface area contributed by atoms with Crippen molar-refractivity contribution in [2.75, 3.05) is 23.3 Å². The Labute approximate surface area is 164 Å². The molecule has 0 bridgehead atoms. The molecular weight excluding hydrogens is 390 g/mol. The highest BCUT2D eigenvalue weighted by atomic mass is 35.5. The Bertz CT molecular complexity index is 940. The number of nitrogens with zero attached hydrogens (tertiary/aromatic N) is 1. The average Bonchev–Trinajstić information content (AvgIpc) is 3.10. The van der Waals surface area contributed by atoms with Crippen LogP contribution in [0.25, 0.3) is 0 Å². The number of anilines is 3. The number of primary sulfonamides is 1. The van der Waals surface area contributed by atoms with Gasteiger partial charge in [0.2, 0.25) is 10.0 Å². The van der Waals surface area contributed by atoms with E-state index in [9.17, 15) is 18.3 Å². The van der Waals surface area contributed by atoms with Crippen molar-refractivity contribution in [3.05, 3.63) is 47.5 Å². The number of hydrogen-bond donors (Lipinski definition) is 3. The van der Waals surface area contributed by atoms with Gasteiger partial charge in [0.1, 0.15) is 4.90 Å². The Morgan fingerprint density at radius 3 is 2.26 bits per heavy atom. The number of halogens is 1. The molecule has 7 nitrogen and oxygen atoms in total. The van der Waals surface area contributed by atoms with Crippen molar-refractivity contribution >= 4 is 45.5 Å². The van der Waals surface area contributed by atoms with Crippen molar-refractivity contribution < 1.29 is 18.3 Å². The summed E-state index contributed by atoms with van der Waals surface area (Å²) in [4.78, 5) is 13.2. The molecule has 4 N–H and O–H groups in total. The maximum Gasteiger partial charge on any atom is 0.335 e. The standard InChI is InChI=1S/C18H21N3O4S.ClH/c1-12-4-6-14(7-5-12)20-17-15(21-8-2-3-9-21)10-13(18(22)23)11-16(17)26(19,24)25;/h4-7,10-11,20H,2-3,8-9H2,1H3,(H,22,23)(H2,19,24,25);1H. The van der Waals surface area contributed by atoms with Gasteiger partial charge in [-0.25, -0.2) is 18.4 Å². The van der Waals surface area contributed by atoms with Gasteiger partial charge in [-0.15, -0.1) is 12.4 Å². The normalized spacial score (nSPS) is 13.9. The van der Waals surface area contributed by atoms with E-state index in [-0.39, 0.29) is 22.9 Å². The summed E-state index contributed by atoms with van der Waals surface area (Å²) >= 11 is 0. The minimum atomic E-state index is -4.12. The molecule has 1 aliphatic rings. The summed E-state index contributed by atoms with van der Waals surface area (Å²) in [6.45, 7) is 3.42. The second kappa shape index (κ2) is 8.16. The van der Waals surface area contributed by atoms with Gasteiger partial charge in [-0.05, 0) is 44.0 Å². The molecule has 2 aromatic rings. The van der Waals surface area contributed by atoms with Gasteiger partial charge in [0.25, 0.3) is 0 Å². The van der Waals surface area contributed by atoms with E-state index in [2.05, 4.69) is 5.32 Å². The molecule has 9 heteroatoms. The number of sulfonamides is 1. The number of aromatic carboxylic acids is 1. The maximum atomic E-state index is 12.2. The molecule has 0 aromatic heterocycles. The van der Waals surface area contributed by atoms with Crippen LogP contribution in [0.15, 0.2) is 41.3 Å². The first-order valence-electron chi connectivity index (χ1n) is 8.28. The van der Waals surface area contributed by atoms with E-state index >= 15 is 0 Å². The number of carbonyl (C=O) groups is 1. The van der Waals surface area contributed by atoms with Crippen LogP contribution in [0.5, 0.6) is 0 Å². The van der Waals surface area contributed by atoms with E-state index < -0.39 is 16.0 Å². The summed E-state index contributed by atoms with van der Waals surface area (Å²) < 4.78 is 24.3. The van der Waals surface area contributed by atoms with Crippen LogP contribution >= 0.6 is 12.4 Å². The first kappa shape index (κ1) is 21.0. The van der Waals surface area contributed by atoms with Gasteiger partial charge in [0, 0.05) is 18.8 Å². The van der Waals surface area contributed by atoms with E-state index in [1.165, 1.54) is 6.07 Å². The second-order valence-electron chi connectivity index (χ2n) is 6.40. The molecule has 1 fully saturated rings. The van der Waals surface area contributed by atoms with E-state index in [0.717, 1.165) is 37.6 Å². The number of hydrogen-bond acceptors (Lipinski definition) is 5. The van der Waals surface area contributed by atoms with Gasteiger partial charge in [-0.3, -0.25) is 0 Å². The molecule has 1 aliphatic heterocycles. The van der Waals surface area contributed by atoms with Crippen LogP contribution in [0.4, 0.5) is 17.1 Å². The largest absolute Gasteiger partial charge is 0.478 e. The number of nitrogens with one attached hydrogen (secondary N) is 1. The molecule has 1 saturated heterocycles. The molecule has 0 spiro atoms. The minimum Gasteiger partial charge on any atom is -0.478 e. The summed E-state index contributed by atoms with van der Waals surface area (Å²) in [5.74, 6) is -1.20. The third-order valence-electron chi connectivity index (χ3n) is 4.40. The highest BCUT2D eigenvalue weighted by Gasteiger charge is 2.25. The molecule has 0 amide bonds. The average molecular weight is 412 g/mol. The van der Waals surface area contributed by atoms with Crippen LogP contribution in [-0.2, 0) is 10.0 Å². The van der Waals surface area contributed by atoms with Crippen molar-refractivity contribution in [2.45, 2.75) is 24.7 Å². The second-order valence-corrected chi connectivity index (χ2v) is 7.93. The fourth-order valence-electron chi connectivity index (χ4n) is 3.06. The number of benzene rings is 2. The third kappa shape index (κ3) is 4.71. The van der Waals surface area contributed by atoms with Crippen molar-refractivity contribution in [1.82, 2.24) is 0 Å². The van der Waals surface area contributed by atoms with Crippen LogP contribution in [0.1, 0.15) is 28.8 Å². The molecule has 27 heavy (non-hydrogen) atoms. The summed E-state index contributed by atoms with van der Waals surface area (Å²) in [6, 6.07) is 10.1. The Kier molecular flexibility index (Phi) is 6.35. The molecule has 0 radical (unpaired) electrons. The zero-order valence-corrected chi connectivity index (χ0v) is 16.4. The SMILES string of the molecule is Cc1ccc(Nc2c(N3CCCC3)cc(C(=O)O)cc2S(N)(=O)=O)cc1.Cl. The predicted octanol–water partition coefficient (Wildman–Crippen LogP) is 3.11. The molecule has 0 saturated carbocycles. The summed E-state index contributed by atoms with van der Waals surface area (Å²) in [6.07, 6.45) is 1.93. The third-order valence-corrected chi connectivity index (χ3v) is 5.34. The summed E-state index contributed by atoms with van der Waals surface area (Å²) in [5, 5.41) is 17.9. The first-order chi connectivity index (χ1) is 12.3. The molecule has 2 aromatic carbocycles. The molecule has 146 valence electrons. The predicted molar refractivity (Wildman–Crippen MR) is 108 cm³/mol. The Morgan fingerprint density at radius 2 is 1.74 bits per heavy atom. The van der Waals surface area contributed by atoms with Gasteiger partial charge in [-0.2, -0.15) is 0 Å². The van der Waals surface area contributed by atoms with Gasteiger partial charge in [-0.1, -0.05) is 17.7 Å². The quantitative estimate of drug-likeness (QED) is 0.696. The maximum absolute atomic E-state index is 12.2. The van der Waals surface area contributed by atoms with E-state index in [4.69, 9.17) is 5.14 Å². The highest BCUT2D eigenvalue weighted by molar-refractivity contribution is 7.89. The zero-order valence-electron chi connectivity index (χ0n) is 14.8. The molecule has 0 aliphatic carbocycles. The smallest absolute Gasteiger partial charge is 0.335 e. The Hall–Kier alpha value is -2.29. The molecule has 0 unspecified atom stereocenters. The number of rotatable bonds is 5. The number of carboxylic acids is 1. The van der Waals surface area contributed by atoms with Crippen LogP contribution in [0.2, 0.25) is 0 Å². The van der Waals surface area contributed by atoms with E-state index in [0.29, 0.717) is 17.1 Å².